The summed E-state index contributed by atoms with van der Waals surface area (Å²) in [6.45, 7) is 4.68. The third kappa shape index (κ3) is 5.00. The third-order valence-corrected chi connectivity index (χ3v) is 4.30. The number of hydrogen-bond acceptors (Lipinski definition) is 2. The fraction of sp³-hybridized carbons (Fsp3) is 0.333. The molecule has 144 valence electrons. The number of anilines is 2. The minimum Gasteiger partial charge on any atom is -0.465 e. The molecule has 6 nitrogen and oxygen atoms in total. The van der Waals surface area contributed by atoms with E-state index in [1.807, 2.05) is 50.2 Å². The molecule has 0 aromatic heterocycles. The number of rotatable bonds is 8. The molecule has 6 heteroatoms. The Labute approximate surface area is 159 Å². The van der Waals surface area contributed by atoms with Crippen LogP contribution in [0.2, 0.25) is 0 Å². The van der Waals surface area contributed by atoms with E-state index in [0.29, 0.717) is 43.7 Å². The average Bonchev–Trinajstić information content (AvgIpc) is 2.65. The van der Waals surface area contributed by atoms with Gasteiger partial charge in [-0.3, -0.25) is 9.80 Å². The SMILES string of the molecule is CCCN(C(=O)O)c1ccccc1Cc1ccccc1N(CCC)C(=O)O. The van der Waals surface area contributed by atoms with Gasteiger partial charge >= 0.3 is 12.2 Å². The Bertz CT molecular complexity index is 726. The van der Waals surface area contributed by atoms with E-state index in [2.05, 4.69) is 0 Å². The van der Waals surface area contributed by atoms with Crippen LogP contribution in [0.25, 0.3) is 0 Å². The lowest BCUT2D eigenvalue weighted by atomic mass is 10.0. The van der Waals surface area contributed by atoms with Gasteiger partial charge in [-0.1, -0.05) is 50.2 Å². The Morgan fingerprint density at radius 2 is 1.11 bits per heavy atom. The highest BCUT2D eigenvalue weighted by Crippen LogP contribution is 2.28. The number of benzene rings is 2. The van der Waals surface area contributed by atoms with Crippen molar-refractivity contribution >= 4 is 23.6 Å². The van der Waals surface area contributed by atoms with Crippen molar-refractivity contribution in [3.05, 3.63) is 59.7 Å². The molecule has 0 saturated carbocycles. The van der Waals surface area contributed by atoms with Crippen molar-refractivity contribution in [3.63, 3.8) is 0 Å². The summed E-state index contributed by atoms with van der Waals surface area (Å²) in [4.78, 5) is 26.1. The van der Waals surface area contributed by atoms with Crippen LogP contribution in [0, 0.1) is 0 Å². The second-order valence-corrected chi connectivity index (χ2v) is 6.30. The smallest absolute Gasteiger partial charge is 0.411 e. The van der Waals surface area contributed by atoms with Gasteiger partial charge in [-0.05, 0) is 36.1 Å². The predicted molar refractivity (Wildman–Crippen MR) is 107 cm³/mol. The minimum absolute atomic E-state index is 0.408. The Morgan fingerprint density at radius 1 is 0.741 bits per heavy atom. The molecule has 2 aromatic carbocycles. The quantitative estimate of drug-likeness (QED) is 0.680. The van der Waals surface area contributed by atoms with Gasteiger partial charge < -0.3 is 10.2 Å². The highest BCUT2D eigenvalue weighted by Gasteiger charge is 2.20. The summed E-state index contributed by atoms with van der Waals surface area (Å²) in [7, 11) is 0. The maximum atomic E-state index is 11.7. The van der Waals surface area contributed by atoms with Crippen molar-refractivity contribution in [1.82, 2.24) is 0 Å². The highest BCUT2D eigenvalue weighted by atomic mass is 16.4. The van der Waals surface area contributed by atoms with Gasteiger partial charge in [0.15, 0.2) is 0 Å². The standard InChI is InChI=1S/C21H26N2O4/c1-3-13-22(20(24)25)18-11-7-5-9-16(18)15-17-10-6-8-12-19(17)23(14-4-2)21(26)27/h5-12H,3-4,13-15H2,1-2H3,(H,24,25)(H,26,27). The van der Waals surface area contributed by atoms with Crippen LogP contribution in [-0.2, 0) is 6.42 Å². The lowest BCUT2D eigenvalue weighted by Crippen LogP contribution is -2.31. The van der Waals surface area contributed by atoms with Gasteiger partial charge in [0.05, 0.1) is 11.4 Å². The Morgan fingerprint density at radius 3 is 1.44 bits per heavy atom. The Balaban J connectivity index is 2.44. The summed E-state index contributed by atoms with van der Waals surface area (Å²) in [5.74, 6) is 0. The van der Waals surface area contributed by atoms with Gasteiger partial charge in [0.2, 0.25) is 0 Å². The number of amides is 2. The van der Waals surface area contributed by atoms with Crippen molar-refractivity contribution in [2.45, 2.75) is 33.1 Å². The molecule has 0 spiro atoms. The van der Waals surface area contributed by atoms with Crippen molar-refractivity contribution in [2.75, 3.05) is 22.9 Å². The van der Waals surface area contributed by atoms with E-state index in [-0.39, 0.29) is 0 Å². The summed E-state index contributed by atoms with van der Waals surface area (Å²) in [5, 5.41) is 19.1. The first kappa shape index (κ1) is 20.3. The molecule has 0 bridgehead atoms. The molecule has 0 aliphatic carbocycles. The summed E-state index contributed by atoms with van der Waals surface area (Å²) in [5.41, 5.74) is 2.98. The highest BCUT2D eigenvalue weighted by molar-refractivity contribution is 5.88. The molecule has 0 atom stereocenters. The van der Waals surface area contributed by atoms with Crippen LogP contribution in [-0.4, -0.2) is 35.5 Å². The first-order valence-electron chi connectivity index (χ1n) is 9.16. The molecule has 2 rings (SSSR count). The summed E-state index contributed by atoms with van der Waals surface area (Å²) in [6.07, 6.45) is -0.111. The van der Waals surface area contributed by atoms with Crippen LogP contribution in [0.5, 0.6) is 0 Å². The zero-order valence-corrected chi connectivity index (χ0v) is 15.8. The molecule has 0 aliphatic rings. The first-order chi connectivity index (χ1) is 13.0. The summed E-state index contributed by atoms with van der Waals surface area (Å²) < 4.78 is 0. The monoisotopic (exact) mass is 370 g/mol. The van der Waals surface area contributed by atoms with Crippen LogP contribution in [0.15, 0.2) is 48.5 Å². The first-order valence-corrected chi connectivity index (χ1v) is 9.16. The molecular formula is C21H26N2O4. The molecule has 2 amide bonds. The number of hydrogen-bond donors (Lipinski definition) is 2. The largest absolute Gasteiger partial charge is 0.465 e. The van der Waals surface area contributed by atoms with E-state index in [0.717, 1.165) is 11.1 Å². The zero-order chi connectivity index (χ0) is 19.8. The lowest BCUT2D eigenvalue weighted by Gasteiger charge is -2.24. The maximum absolute atomic E-state index is 11.7. The van der Waals surface area contributed by atoms with Crippen LogP contribution in [0.3, 0.4) is 0 Å². The van der Waals surface area contributed by atoms with E-state index >= 15 is 0 Å². The van der Waals surface area contributed by atoms with Gasteiger partial charge in [0.1, 0.15) is 0 Å². The summed E-state index contributed by atoms with van der Waals surface area (Å²) in [6, 6.07) is 14.7. The molecule has 0 saturated heterocycles. The number of para-hydroxylation sites is 2. The fourth-order valence-corrected chi connectivity index (χ4v) is 3.14. The minimum atomic E-state index is -0.990. The second kappa shape index (κ2) is 9.62. The molecule has 0 unspecified atom stereocenters. The number of carboxylic acid groups (broad SMARTS) is 2. The molecule has 0 radical (unpaired) electrons. The number of carbonyl (C=O) groups is 2. The van der Waals surface area contributed by atoms with Crippen molar-refractivity contribution in [1.29, 1.82) is 0 Å². The van der Waals surface area contributed by atoms with E-state index in [1.54, 1.807) is 12.1 Å². The van der Waals surface area contributed by atoms with Crippen molar-refractivity contribution in [3.8, 4) is 0 Å². The van der Waals surface area contributed by atoms with Crippen LogP contribution >= 0.6 is 0 Å². The van der Waals surface area contributed by atoms with Gasteiger partial charge in [-0.2, -0.15) is 0 Å². The molecule has 0 aliphatic heterocycles. The Hall–Kier alpha value is -3.02. The van der Waals surface area contributed by atoms with E-state index in [9.17, 15) is 19.8 Å². The van der Waals surface area contributed by atoms with Gasteiger partial charge in [0.25, 0.3) is 0 Å². The van der Waals surface area contributed by atoms with Crippen molar-refractivity contribution < 1.29 is 19.8 Å². The van der Waals surface area contributed by atoms with Crippen LogP contribution < -0.4 is 9.80 Å². The Kier molecular flexibility index (Phi) is 7.23. The molecule has 0 fully saturated rings. The maximum Gasteiger partial charge on any atom is 0.411 e. The normalized spacial score (nSPS) is 10.4. The van der Waals surface area contributed by atoms with Crippen molar-refractivity contribution in [2.24, 2.45) is 0 Å². The third-order valence-electron chi connectivity index (χ3n) is 4.30. The molecule has 27 heavy (non-hydrogen) atoms. The average molecular weight is 370 g/mol. The predicted octanol–water partition coefficient (Wildman–Crippen LogP) is 5.07. The van der Waals surface area contributed by atoms with E-state index < -0.39 is 12.2 Å². The molecule has 0 heterocycles. The van der Waals surface area contributed by atoms with Gasteiger partial charge in [0, 0.05) is 19.5 Å². The topological polar surface area (TPSA) is 81.1 Å². The van der Waals surface area contributed by atoms with Crippen LogP contribution in [0.4, 0.5) is 21.0 Å². The van der Waals surface area contributed by atoms with Crippen LogP contribution in [0.1, 0.15) is 37.8 Å². The van der Waals surface area contributed by atoms with Gasteiger partial charge in [-0.15, -0.1) is 0 Å². The summed E-state index contributed by atoms with van der Waals surface area (Å²) >= 11 is 0. The lowest BCUT2D eigenvalue weighted by molar-refractivity contribution is 0.200. The second-order valence-electron chi connectivity index (χ2n) is 6.30. The van der Waals surface area contributed by atoms with E-state index in [1.165, 1.54) is 9.80 Å². The fourth-order valence-electron chi connectivity index (χ4n) is 3.14. The number of nitrogens with zero attached hydrogens (tertiary/aromatic N) is 2. The zero-order valence-electron chi connectivity index (χ0n) is 15.8. The molecule has 2 aromatic rings. The molecule has 2 N–H and O–H groups in total. The van der Waals surface area contributed by atoms with Gasteiger partial charge in [-0.25, -0.2) is 9.59 Å². The van der Waals surface area contributed by atoms with E-state index in [4.69, 9.17) is 0 Å². The molecular weight excluding hydrogens is 344 g/mol.